The van der Waals surface area contributed by atoms with Crippen LogP contribution in [-0.2, 0) is 4.74 Å². The highest BCUT2D eigenvalue weighted by molar-refractivity contribution is 4.90. The number of nitrogens with one attached hydrogen (secondary N) is 1. The van der Waals surface area contributed by atoms with Crippen LogP contribution in [0.15, 0.2) is 0 Å². The van der Waals surface area contributed by atoms with E-state index in [9.17, 15) is 0 Å². The van der Waals surface area contributed by atoms with Gasteiger partial charge in [0.1, 0.15) is 0 Å². The van der Waals surface area contributed by atoms with Gasteiger partial charge in [-0.2, -0.15) is 0 Å². The molecule has 0 heterocycles. The number of rotatable bonds is 6. The van der Waals surface area contributed by atoms with E-state index in [1.807, 2.05) is 0 Å². The molecule has 0 aromatic heterocycles. The molecular formula is C17H33NO. The lowest BCUT2D eigenvalue weighted by Gasteiger charge is -2.41. The van der Waals surface area contributed by atoms with Crippen LogP contribution < -0.4 is 5.32 Å². The molecule has 2 rings (SSSR count). The molecule has 2 nitrogen and oxygen atoms in total. The van der Waals surface area contributed by atoms with E-state index in [2.05, 4.69) is 26.1 Å². The number of ether oxygens (including phenoxy) is 1. The van der Waals surface area contributed by atoms with E-state index in [-0.39, 0.29) is 5.60 Å². The van der Waals surface area contributed by atoms with Gasteiger partial charge in [0.2, 0.25) is 0 Å². The fraction of sp³-hybridized carbons (Fsp3) is 1.00. The molecule has 2 aliphatic carbocycles. The molecule has 1 N–H and O–H groups in total. The standard InChI is InChI=1S/C17H33NO/c1-14(2)18-13-17(10-6-7-15(3)11-17)19-12-16-8-4-5-9-16/h14-16,18H,4-13H2,1-3H3. The van der Waals surface area contributed by atoms with Gasteiger partial charge in [-0.05, 0) is 37.5 Å². The van der Waals surface area contributed by atoms with Crippen molar-refractivity contribution in [2.45, 2.75) is 83.8 Å². The van der Waals surface area contributed by atoms with Crippen molar-refractivity contribution in [2.24, 2.45) is 11.8 Å². The van der Waals surface area contributed by atoms with Crippen molar-refractivity contribution in [1.29, 1.82) is 0 Å². The second-order valence-electron chi connectivity index (χ2n) is 7.38. The van der Waals surface area contributed by atoms with Gasteiger partial charge in [-0.1, -0.05) is 46.5 Å². The molecule has 0 aromatic carbocycles. The highest BCUT2D eigenvalue weighted by Gasteiger charge is 2.36. The van der Waals surface area contributed by atoms with Gasteiger partial charge >= 0.3 is 0 Å². The average molecular weight is 267 g/mol. The summed E-state index contributed by atoms with van der Waals surface area (Å²) in [5.74, 6) is 1.67. The molecule has 2 aliphatic rings. The maximum atomic E-state index is 6.51. The molecule has 2 unspecified atom stereocenters. The molecule has 0 aliphatic heterocycles. The minimum Gasteiger partial charge on any atom is -0.373 e. The van der Waals surface area contributed by atoms with Crippen molar-refractivity contribution in [1.82, 2.24) is 5.32 Å². The van der Waals surface area contributed by atoms with Crippen molar-refractivity contribution in [3.63, 3.8) is 0 Å². The number of hydrogen-bond donors (Lipinski definition) is 1. The summed E-state index contributed by atoms with van der Waals surface area (Å²) in [4.78, 5) is 0. The maximum absolute atomic E-state index is 6.51. The smallest absolute Gasteiger partial charge is 0.0809 e. The van der Waals surface area contributed by atoms with E-state index in [0.717, 1.165) is 25.0 Å². The minimum absolute atomic E-state index is 0.129. The highest BCUT2D eigenvalue weighted by atomic mass is 16.5. The van der Waals surface area contributed by atoms with Gasteiger partial charge in [-0.3, -0.25) is 0 Å². The second-order valence-corrected chi connectivity index (χ2v) is 7.38. The van der Waals surface area contributed by atoms with Crippen molar-refractivity contribution in [3.8, 4) is 0 Å². The maximum Gasteiger partial charge on any atom is 0.0809 e. The van der Waals surface area contributed by atoms with Crippen molar-refractivity contribution in [3.05, 3.63) is 0 Å². The molecule has 19 heavy (non-hydrogen) atoms. The molecule has 0 saturated heterocycles. The van der Waals surface area contributed by atoms with E-state index in [1.54, 1.807) is 0 Å². The Kier molecular flexibility index (Phi) is 5.70. The Balaban J connectivity index is 1.88. The van der Waals surface area contributed by atoms with Gasteiger partial charge in [0, 0.05) is 12.6 Å². The van der Waals surface area contributed by atoms with Crippen LogP contribution in [0.25, 0.3) is 0 Å². The summed E-state index contributed by atoms with van der Waals surface area (Å²) in [6.45, 7) is 8.91. The van der Waals surface area contributed by atoms with Crippen LogP contribution in [0.4, 0.5) is 0 Å². The van der Waals surface area contributed by atoms with Gasteiger partial charge in [-0.25, -0.2) is 0 Å². The molecule has 2 atom stereocenters. The summed E-state index contributed by atoms with van der Waals surface area (Å²) in [7, 11) is 0. The van der Waals surface area contributed by atoms with E-state index < -0.39 is 0 Å². The third kappa shape index (κ3) is 4.75. The van der Waals surface area contributed by atoms with E-state index >= 15 is 0 Å². The van der Waals surface area contributed by atoms with Crippen molar-refractivity contribution >= 4 is 0 Å². The fourth-order valence-electron chi connectivity index (χ4n) is 3.82. The molecule has 0 amide bonds. The van der Waals surface area contributed by atoms with E-state index in [0.29, 0.717) is 6.04 Å². The first kappa shape index (κ1) is 15.3. The molecule has 0 radical (unpaired) electrons. The van der Waals surface area contributed by atoms with Crippen LogP contribution in [-0.4, -0.2) is 24.8 Å². The monoisotopic (exact) mass is 267 g/mol. The normalized spacial score (nSPS) is 33.2. The molecule has 0 bridgehead atoms. The summed E-state index contributed by atoms with van der Waals surface area (Å²) >= 11 is 0. The topological polar surface area (TPSA) is 21.3 Å². The molecule has 2 fully saturated rings. The first-order valence-corrected chi connectivity index (χ1v) is 8.47. The van der Waals surface area contributed by atoms with E-state index in [1.165, 1.54) is 51.4 Å². The summed E-state index contributed by atoms with van der Waals surface area (Å²) < 4.78 is 6.51. The summed E-state index contributed by atoms with van der Waals surface area (Å²) in [6.07, 6.45) is 10.8. The van der Waals surface area contributed by atoms with Crippen molar-refractivity contribution in [2.75, 3.05) is 13.2 Å². The third-order valence-electron chi connectivity index (χ3n) is 4.98. The Morgan fingerprint density at radius 2 is 1.89 bits per heavy atom. The number of hydrogen-bond acceptors (Lipinski definition) is 2. The Bertz CT molecular complexity index is 260. The Morgan fingerprint density at radius 1 is 1.16 bits per heavy atom. The molecular weight excluding hydrogens is 234 g/mol. The molecule has 0 spiro atoms. The SMILES string of the molecule is CC1CCCC(CNC(C)C)(OCC2CCCC2)C1. The Labute approximate surface area is 119 Å². The van der Waals surface area contributed by atoms with Crippen LogP contribution in [0.5, 0.6) is 0 Å². The molecule has 2 saturated carbocycles. The summed E-state index contributed by atoms with van der Waals surface area (Å²) in [6, 6.07) is 0.559. The lowest BCUT2D eigenvalue weighted by Crippen LogP contribution is -2.48. The largest absolute Gasteiger partial charge is 0.373 e. The lowest BCUT2D eigenvalue weighted by atomic mass is 9.78. The zero-order chi connectivity index (χ0) is 13.7. The van der Waals surface area contributed by atoms with Crippen LogP contribution in [0.1, 0.15) is 72.1 Å². The quantitative estimate of drug-likeness (QED) is 0.781. The average Bonchev–Trinajstić information content (AvgIpc) is 2.87. The zero-order valence-corrected chi connectivity index (χ0v) is 13.2. The summed E-state index contributed by atoms with van der Waals surface area (Å²) in [5, 5.41) is 3.63. The fourth-order valence-corrected chi connectivity index (χ4v) is 3.82. The van der Waals surface area contributed by atoms with Gasteiger partial charge < -0.3 is 10.1 Å². The van der Waals surface area contributed by atoms with E-state index in [4.69, 9.17) is 4.74 Å². The zero-order valence-electron chi connectivity index (χ0n) is 13.2. The van der Waals surface area contributed by atoms with Crippen LogP contribution >= 0.6 is 0 Å². The predicted molar refractivity (Wildman–Crippen MR) is 81.4 cm³/mol. The first-order valence-electron chi connectivity index (χ1n) is 8.47. The van der Waals surface area contributed by atoms with Gasteiger partial charge in [0.25, 0.3) is 0 Å². The first-order chi connectivity index (χ1) is 9.10. The van der Waals surface area contributed by atoms with Crippen molar-refractivity contribution < 1.29 is 4.74 Å². The predicted octanol–water partition coefficient (Wildman–Crippen LogP) is 4.14. The van der Waals surface area contributed by atoms with Crippen LogP contribution in [0, 0.1) is 11.8 Å². The second kappa shape index (κ2) is 7.08. The third-order valence-corrected chi connectivity index (χ3v) is 4.98. The molecule has 112 valence electrons. The van der Waals surface area contributed by atoms with Gasteiger partial charge in [0.05, 0.1) is 12.2 Å². The Morgan fingerprint density at radius 3 is 2.53 bits per heavy atom. The Hall–Kier alpha value is -0.0800. The summed E-state index contributed by atoms with van der Waals surface area (Å²) in [5.41, 5.74) is 0.129. The van der Waals surface area contributed by atoms with Gasteiger partial charge in [-0.15, -0.1) is 0 Å². The lowest BCUT2D eigenvalue weighted by molar-refractivity contribution is -0.0916. The highest BCUT2D eigenvalue weighted by Crippen LogP contribution is 2.36. The van der Waals surface area contributed by atoms with Crippen LogP contribution in [0.3, 0.4) is 0 Å². The van der Waals surface area contributed by atoms with Crippen LogP contribution in [0.2, 0.25) is 0 Å². The molecule has 0 aromatic rings. The van der Waals surface area contributed by atoms with Gasteiger partial charge in [0.15, 0.2) is 0 Å². The molecule has 2 heteroatoms. The minimum atomic E-state index is 0.129.